The maximum absolute atomic E-state index is 11.5. The molecule has 0 saturated carbocycles. The van der Waals surface area contributed by atoms with Gasteiger partial charge in [0.05, 0.1) is 7.11 Å². The molecule has 3 rings (SSSR count). The Bertz CT molecular complexity index is 840. The Kier molecular flexibility index (Phi) is 4.62. The Labute approximate surface area is 141 Å². The standard InChI is InChI=1S/C21H18O3/c1-15(22)24-21(14-9-16-7-11-18(23-2)12-8-16)20-13-10-17-5-3-4-6-19(17)20/h3-14H,1-2H3/b14-9+,21-20+. The first-order valence-electron chi connectivity index (χ1n) is 7.69. The van der Waals surface area contributed by atoms with Crippen molar-refractivity contribution < 1.29 is 14.3 Å². The fourth-order valence-corrected chi connectivity index (χ4v) is 2.59. The van der Waals surface area contributed by atoms with Gasteiger partial charge in [0.15, 0.2) is 0 Å². The molecule has 1 aliphatic carbocycles. The summed E-state index contributed by atoms with van der Waals surface area (Å²) in [6.07, 6.45) is 7.74. The van der Waals surface area contributed by atoms with Crippen LogP contribution in [0.5, 0.6) is 5.75 Å². The summed E-state index contributed by atoms with van der Waals surface area (Å²) in [5.41, 5.74) is 4.09. The molecule has 120 valence electrons. The van der Waals surface area contributed by atoms with Gasteiger partial charge < -0.3 is 9.47 Å². The molecule has 24 heavy (non-hydrogen) atoms. The van der Waals surface area contributed by atoms with Crippen molar-refractivity contribution in [3.63, 3.8) is 0 Å². The second-order valence-electron chi connectivity index (χ2n) is 5.40. The molecular weight excluding hydrogens is 300 g/mol. The molecule has 0 amide bonds. The Balaban J connectivity index is 1.96. The SMILES string of the molecule is COc1ccc(/C=C/C(OC(C)=O)=C2/C=Cc3ccccc32)cc1. The van der Waals surface area contributed by atoms with Gasteiger partial charge in [-0.1, -0.05) is 48.6 Å². The van der Waals surface area contributed by atoms with Crippen LogP contribution >= 0.6 is 0 Å². The number of methoxy groups -OCH3 is 1. The van der Waals surface area contributed by atoms with Gasteiger partial charge in [-0.05, 0) is 41.0 Å². The molecule has 0 fully saturated rings. The van der Waals surface area contributed by atoms with Crippen molar-refractivity contribution in [2.75, 3.05) is 7.11 Å². The van der Waals surface area contributed by atoms with Crippen LogP contribution in [0.2, 0.25) is 0 Å². The van der Waals surface area contributed by atoms with E-state index in [-0.39, 0.29) is 5.97 Å². The van der Waals surface area contributed by atoms with Gasteiger partial charge in [-0.3, -0.25) is 4.79 Å². The van der Waals surface area contributed by atoms with Crippen molar-refractivity contribution in [1.29, 1.82) is 0 Å². The second-order valence-corrected chi connectivity index (χ2v) is 5.40. The topological polar surface area (TPSA) is 35.5 Å². The molecule has 2 aromatic rings. The van der Waals surface area contributed by atoms with Crippen LogP contribution in [0.1, 0.15) is 23.6 Å². The van der Waals surface area contributed by atoms with Crippen LogP contribution in [0, 0.1) is 0 Å². The minimum absolute atomic E-state index is 0.338. The van der Waals surface area contributed by atoms with Crippen molar-refractivity contribution in [2.45, 2.75) is 6.92 Å². The van der Waals surface area contributed by atoms with E-state index in [0.29, 0.717) is 5.76 Å². The first-order valence-corrected chi connectivity index (χ1v) is 7.69. The third kappa shape index (κ3) is 3.46. The molecule has 0 atom stereocenters. The smallest absolute Gasteiger partial charge is 0.308 e. The van der Waals surface area contributed by atoms with Gasteiger partial charge in [-0.25, -0.2) is 0 Å². The summed E-state index contributed by atoms with van der Waals surface area (Å²) in [5.74, 6) is 1.01. The fraction of sp³-hybridized carbons (Fsp3) is 0.0952. The van der Waals surface area contributed by atoms with Crippen molar-refractivity contribution in [3.8, 4) is 5.75 Å². The molecule has 0 saturated heterocycles. The number of benzene rings is 2. The first-order chi connectivity index (χ1) is 11.7. The minimum Gasteiger partial charge on any atom is -0.497 e. The summed E-state index contributed by atoms with van der Waals surface area (Å²) in [4.78, 5) is 11.5. The zero-order chi connectivity index (χ0) is 16.9. The van der Waals surface area contributed by atoms with Gasteiger partial charge in [-0.15, -0.1) is 0 Å². The van der Waals surface area contributed by atoms with Gasteiger partial charge in [0.25, 0.3) is 0 Å². The van der Waals surface area contributed by atoms with Crippen molar-refractivity contribution in [1.82, 2.24) is 0 Å². The van der Waals surface area contributed by atoms with E-state index in [9.17, 15) is 4.79 Å². The number of esters is 1. The minimum atomic E-state index is -0.338. The maximum atomic E-state index is 11.5. The molecule has 0 spiro atoms. The highest BCUT2D eigenvalue weighted by molar-refractivity contribution is 5.92. The zero-order valence-corrected chi connectivity index (χ0v) is 13.7. The number of carbonyl (C=O) groups excluding carboxylic acids is 1. The summed E-state index contributed by atoms with van der Waals surface area (Å²) in [6.45, 7) is 1.41. The number of ether oxygens (including phenoxy) is 2. The lowest BCUT2D eigenvalue weighted by molar-refractivity contribution is -0.136. The average molecular weight is 318 g/mol. The Hall–Kier alpha value is -3.07. The predicted molar refractivity (Wildman–Crippen MR) is 96.2 cm³/mol. The second kappa shape index (κ2) is 7.01. The van der Waals surface area contributed by atoms with Crippen molar-refractivity contribution in [3.05, 3.63) is 83.1 Å². The number of hydrogen-bond donors (Lipinski definition) is 0. The Morgan fingerprint density at radius 3 is 2.46 bits per heavy atom. The number of rotatable bonds is 4. The molecule has 3 nitrogen and oxygen atoms in total. The number of allylic oxidation sites excluding steroid dienone is 3. The van der Waals surface area contributed by atoms with E-state index in [1.165, 1.54) is 6.92 Å². The third-order valence-corrected chi connectivity index (χ3v) is 3.74. The first kappa shape index (κ1) is 15.8. The summed E-state index contributed by atoms with van der Waals surface area (Å²) in [6, 6.07) is 15.7. The highest BCUT2D eigenvalue weighted by Gasteiger charge is 2.15. The van der Waals surface area contributed by atoms with Crippen molar-refractivity contribution >= 4 is 23.7 Å². The number of fused-ring (bicyclic) bond motifs is 1. The van der Waals surface area contributed by atoms with Crippen LogP contribution in [-0.4, -0.2) is 13.1 Å². The highest BCUT2D eigenvalue weighted by atomic mass is 16.5. The van der Waals surface area contributed by atoms with Crippen LogP contribution in [0.3, 0.4) is 0 Å². The van der Waals surface area contributed by atoms with Gasteiger partial charge in [0.2, 0.25) is 0 Å². The maximum Gasteiger partial charge on any atom is 0.308 e. The van der Waals surface area contributed by atoms with E-state index in [2.05, 4.69) is 0 Å². The molecular formula is C21H18O3. The van der Waals surface area contributed by atoms with E-state index in [1.54, 1.807) is 7.11 Å². The van der Waals surface area contributed by atoms with Gasteiger partial charge >= 0.3 is 5.97 Å². The van der Waals surface area contributed by atoms with E-state index in [4.69, 9.17) is 9.47 Å². The molecule has 0 N–H and O–H groups in total. The largest absolute Gasteiger partial charge is 0.497 e. The summed E-state index contributed by atoms with van der Waals surface area (Å²) < 4.78 is 10.6. The van der Waals surface area contributed by atoms with Crippen molar-refractivity contribution in [2.24, 2.45) is 0 Å². The molecule has 0 aromatic heterocycles. The van der Waals surface area contributed by atoms with E-state index in [1.807, 2.05) is 72.8 Å². The fourth-order valence-electron chi connectivity index (χ4n) is 2.59. The highest BCUT2D eigenvalue weighted by Crippen LogP contribution is 2.32. The third-order valence-electron chi connectivity index (χ3n) is 3.74. The molecule has 3 heteroatoms. The Morgan fingerprint density at radius 1 is 1.00 bits per heavy atom. The lowest BCUT2D eigenvalue weighted by Gasteiger charge is -2.08. The van der Waals surface area contributed by atoms with Gasteiger partial charge in [0, 0.05) is 12.5 Å². The normalized spacial score (nSPS) is 14.6. The van der Waals surface area contributed by atoms with Gasteiger partial charge in [-0.2, -0.15) is 0 Å². The van der Waals surface area contributed by atoms with Crippen LogP contribution < -0.4 is 4.74 Å². The summed E-state index contributed by atoms with van der Waals surface area (Å²) in [7, 11) is 1.64. The van der Waals surface area contributed by atoms with E-state index < -0.39 is 0 Å². The zero-order valence-electron chi connectivity index (χ0n) is 13.7. The average Bonchev–Trinajstić information content (AvgIpc) is 3.03. The molecule has 1 aliphatic rings. The molecule has 0 heterocycles. The number of carbonyl (C=O) groups is 1. The molecule has 2 aromatic carbocycles. The summed E-state index contributed by atoms with van der Waals surface area (Å²) in [5, 5.41) is 0. The number of hydrogen-bond acceptors (Lipinski definition) is 3. The quantitative estimate of drug-likeness (QED) is 0.605. The van der Waals surface area contributed by atoms with Crippen LogP contribution in [0.4, 0.5) is 0 Å². The van der Waals surface area contributed by atoms with Crippen LogP contribution in [0.15, 0.2) is 66.4 Å². The lowest BCUT2D eigenvalue weighted by atomic mass is 10.0. The van der Waals surface area contributed by atoms with Gasteiger partial charge in [0.1, 0.15) is 11.5 Å². The summed E-state index contributed by atoms with van der Waals surface area (Å²) >= 11 is 0. The lowest BCUT2D eigenvalue weighted by Crippen LogP contribution is -1.99. The molecule has 0 unspecified atom stereocenters. The Morgan fingerprint density at radius 2 is 1.75 bits per heavy atom. The predicted octanol–water partition coefficient (Wildman–Crippen LogP) is 4.71. The van der Waals surface area contributed by atoms with E-state index >= 15 is 0 Å². The molecule has 0 radical (unpaired) electrons. The van der Waals surface area contributed by atoms with Crippen LogP contribution in [0.25, 0.3) is 17.7 Å². The van der Waals surface area contributed by atoms with Crippen LogP contribution in [-0.2, 0) is 9.53 Å². The van der Waals surface area contributed by atoms with E-state index in [0.717, 1.165) is 28.0 Å². The monoisotopic (exact) mass is 318 g/mol. The molecule has 0 bridgehead atoms. The molecule has 0 aliphatic heterocycles.